The maximum absolute atomic E-state index is 12.3. The molecule has 148 valence electrons. The van der Waals surface area contributed by atoms with Gasteiger partial charge in [-0.1, -0.05) is 11.6 Å². The lowest BCUT2D eigenvalue weighted by atomic mass is 9.97. The third-order valence-corrected chi connectivity index (χ3v) is 4.97. The maximum atomic E-state index is 12.3. The van der Waals surface area contributed by atoms with Crippen LogP contribution in [0.5, 0.6) is 0 Å². The fourth-order valence-corrected chi connectivity index (χ4v) is 3.69. The molecular formula is C19H33IN4O2. The molecule has 0 aromatic carbocycles. The lowest BCUT2D eigenvalue weighted by Gasteiger charge is -2.39. The minimum Gasteiger partial charge on any atom is -0.444 e. The zero-order chi connectivity index (χ0) is 17.9. The van der Waals surface area contributed by atoms with Crippen LogP contribution in [0.25, 0.3) is 0 Å². The highest BCUT2D eigenvalue weighted by Crippen LogP contribution is 2.21. The summed E-state index contributed by atoms with van der Waals surface area (Å²) < 4.78 is 5.49. The second-order valence-electron chi connectivity index (χ2n) is 8.22. The fourth-order valence-electron chi connectivity index (χ4n) is 3.69. The van der Waals surface area contributed by atoms with Crippen molar-refractivity contribution in [3.05, 3.63) is 11.6 Å². The third-order valence-electron chi connectivity index (χ3n) is 4.97. The van der Waals surface area contributed by atoms with Crippen molar-refractivity contribution in [3.63, 3.8) is 0 Å². The standard InChI is InChI=1S/C19H32N4O2.HI/c1-19(2,3)25-18(24)22-11-12-23-16(14-22)13-21-17(23)20-10-9-15-7-5-4-6-8-15;/h7,16H,4-6,8-14H2,1-3H3,(H,20,21);1H. The Labute approximate surface area is 174 Å². The number of allylic oxidation sites excluding steroid dienone is 1. The number of amides is 1. The molecule has 0 aromatic heterocycles. The normalized spacial score (nSPS) is 22.8. The largest absolute Gasteiger partial charge is 0.444 e. The van der Waals surface area contributed by atoms with E-state index in [1.165, 1.54) is 25.7 Å². The average molecular weight is 476 g/mol. The Morgan fingerprint density at radius 1 is 1.35 bits per heavy atom. The van der Waals surface area contributed by atoms with E-state index in [4.69, 9.17) is 4.74 Å². The molecule has 1 atom stereocenters. The van der Waals surface area contributed by atoms with Gasteiger partial charge in [0.25, 0.3) is 0 Å². The molecule has 1 unspecified atom stereocenters. The van der Waals surface area contributed by atoms with Crippen LogP contribution in [0.3, 0.4) is 0 Å². The first-order valence-electron chi connectivity index (χ1n) is 9.63. The van der Waals surface area contributed by atoms with Gasteiger partial charge in [-0.05, 0) is 52.9 Å². The van der Waals surface area contributed by atoms with Crippen LogP contribution >= 0.6 is 24.0 Å². The van der Waals surface area contributed by atoms with Gasteiger partial charge in [0.15, 0.2) is 5.96 Å². The van der Waals surface area contributed by atoms with Gasteiger partial charge in [0.05, 0.1) is 12.6 Å². The van der Waals surface area contributed by atoms with Gasteiger partial charge in [-0.3, -0.25) is 4.99 Å². The van der Waals surface area contributed by atoms with E-state index in [0.717, 1.165) is 32.0 Å². The molecule has 0 radical (unpaired) electrons. The van der Waals surface area contributed by atoms with Gasteiger partial charge in [-0.25, -0.2) is 4.79 Å². The van der Waals surface area contributed by atoms with E-state index < -0.39 is 5.60 Å². The molecule has 1 aliphatic carbocycles. The van der Waals surface area contributed by atoms with Crippen LogP contribution in [0.15, 0.2) is 16.6 Å². The quantitative estimate of drug-likeness (QED) is 0.502. The van der Waals surface area contributed by atoms with Crippen LogP contribution in [0.2, 0.25) is 0 Å². The molecule has 3 rings (SSSR count). The van der Waals surface area contributed by atoms with Crippen LogP contribution in [0, 0.1) is 0 Å². The van der Waals surface area contributed by atoms with Crippen LogP contribution in [-0.4, -0.2) is 66.2 Å². The van der Waals surface area contributed by atoms with E-state index in [1.54, 1.807) is 5.57 Å². The summed E-state index contributed by atoms with van der Waals surface area (Å²) in [6.07, 6.45) is 8.48. The molecule has 2 heterocycles. The molecule has 0 bridgehead atoms. The van der Waals surface area contributed by atoms with Crippen molar-refractivity contribution < 1.29 is 9.53 Å². The minimum atomic E-state index is -0.444. The van der Waals surface area contributed by atoms with Crippen LogP contribution < -0.4 is 5.32 Å². The first-order chi connectivity index (χ1) is 11.9. The van der Waals surface area contributed by atoms with Crippen LogP contribution in [0.1, 0.15) is 52.9 Å². The molecular weight excluding hydrogens is 443 g/mol. The topological polar surface area (TPSA) is 57.2 Å². The SMILES string of the molecule is CC(C)(C)OC(=O)N1CCN2C(NCCC3=CCCCC3)=NCC2C1.I. The molecule has 2 aliphatic heterocycles. The number of aliphatic imine (C=N–C) groups is 1. The van der Waals surface area contributed by atoms with Crippen molar-refractivity contribution in [1.29, 1.82) is 0 Å². The number of hydrogen-bond acceptors (Lipinski definition) is 5. The number of rotatable bonds is 3. The van der Waals surface area contributed by atoms with Crippen molar-refractivity contribution in [2.75, 3.05) is 32.7 Å². The molecule has 6 nitrogen and oxygen atoms in total. The van der Waals surface area contributed by atoms with E-state index in [1.807, 2.05) is 25.7 Å². The second kappa shape index (κ2) is 9.28. The molecule has 3 aliphatic rings. The minimum absolute atomic E-state index is 0. The summed E-state index contributed by atoms with van der Waals surface area (Å²) in [4.78, 5) is 21.1. The van der Waals surface area contributed by atoms with Gasteiger partial charge < -0.3 is 19.9 Å². The van der Waals surface area contributed by atoms with Gasteiger partial charge in [0, 0.05) is 26.2 Å². The number of nitrogens with zero attached hydrogens (tertiary/aromatic N) is 3. The van der Waals surface area contributed by atoms with Gasteiger partial charge in [0.1, 0.15) is 5.60 Å². The highest BCUT2D eigenvalue weighted by Gasteiger charge is 2.36. The molecule has 0 saturated carbocycles. The summed E-state index contributed by atoms with van der Waals surface area (Å²) >= 11 is 0. The lowest BCUT2D eigenvalue weighted by molar-refractivity contribution is 0.0137. The number of ether oxygens (including phenoxy) is 1. The Morgan fingerprint density at radius 3 is 2.85 bits per heavy atom. The zero-order valence-corrected chi connectivity index (χ0v) is 18.6. The smallest absolute Gasteiger partial charge is 0.410 e. The van der Waals surface area contributed by atoms with E-state index in [-0.39, 0.29) is 36.1 Å². The lowest BCUT2D eigenvalue weighted by Crippen LogP contribution is -2.57. The highest BCUT2D eigenvalue weighted by molar-refractivity contribution is 14.0. The summed E-state index contributed by atoms with van der Waals surface area (Å²) in [5, 5.41) is 3.51. The Balaban J connectivity index is 0.00000243. The number of hydrogen-bond donors (Lipinski definition) is 1. The van der Waals surface area contributed by atoms with E-state index in [0.29, 0.717) is 13.1 Å². The second-order valence-corrected chi connectivity index (χ2v) is 8.22. The Bertz CT molecular complexity index is 556. The summed E-state index contributed by atoms with van der Waals surface area (Å²) in [5.41, 5.74) is 1.14. The van der Waals surface area contributed by atoms with Crippen molar-refractivity contribution in [2.24, 2.45) is 4.99 Å². The third kappa shape index (κ3) is 5.76. The average Bonchev–Trinajstić information content (AvgIpc) is 2.97. The summed E-state index contributed by atoms with van der Waals surface area (Å²) in [6, 6.07) is 0.276. The van der Waals surface area contributed by atoms with E-state index >= 15 is 0 Å². The molecule has 1 amide bonds. The van der Waals surface area contributed by atoms with Gasteiger partial charge in [0.2, 0.25) is 0 Å². The van der Waals surface area contributed by atoms with E-state index in [2.05, 4.69) is 21.3 Å². The number of carbonyl (C=O) groups is 1. The highest BCUT2D eigenvalue weighted by atomic mass is 127. The molecule has 1 fully saturated rings. The van der Waals surface area contributed by atoms with Crippen LogP contribution in [0.4, 0.5) is 4.79 Å². The number of carbonyl (C=O) groups excluding carboxylic acids is 1. The summed E-state index contributed by atoms with van der Waals surface area (Å²) in [5.74, 6) is 1.00. The summed E-state index contributed by atoms with van der Waals surface area (Å²) in [7, 11) is 0. The van der Waals surface area contributed by atoms with Gasteiger partial charge in [-0.15, -0.1) is 24.0 Å². The molecule has 1 saturated heterocycles. The first-order valence-corrected chi connectivity index (χ1v) is 9.63. The van der Waals surface area contributed by atoms with Crippen molar-refractivity contribution >= 4 is 36.0 Å². The van der Waals surface area contributed by atoms with Crippen molar-refractivity contribution in [1.82, 2.24) is 15.1 Å². The number of nitrogens with one attached hydrogen (secondary N) is 1. The first kappa shape index (κ1) is 21.3. The van der Waals surface area contributed by atoms with Gasteiger partial charge in [-0.2, -0.15) is 0 Å². The predicted octanol–water partition coefficient (Wildman–Crippen LogP) is 3.38. The van der Waals surface area contributed by atoms with Crippen molar-refractivity contribution in [2.45, 2.75) is 64.5 Å². The predicted molar refractivity (Wildman–Crippen MR) is 115 cm³/mol. The summed E-state index contributed by atoms with van der Waals surface area (Å²) in [6.45, 7) is 9.62. The van der Waals surface area contributed by atoms with Gasteiger partial charge >= 0.3 is 6.09 Å². The van der Waals surface area contributed by atoms with E-state index in [9.17, 15) is 4.79 Å². The Kier molecular flexibility index (Phi) is 7.61. The molecule has 1 N–H and O–H groups in total. The monoisotopic (exact) mass is 476 g/mol. The number of halogens is 1. The van der Waals surface area contributed by atoms with Crippen molar-refractivity contribution in [3.8, 4) is 0 Å². The Hall–Kier alpha value is -0.990. The number of fused-ring (bicyclic) bond motifs is 1. The Morgan fingerprint density at radius 2 is 2.15 bits per heavy atom. The number of guanidine groups is 1. The fraction of sp³-hybridized carbons (Fsp3) is 0.789. The van der Waals surface area contributed by atoms with Crippen LogP contribution in [-0.2, 0) is 4.74 Å². The molecule has 7 heteroatoms. The molecule has 26 heavy (non-hydrogen) atoms. The molecule has 0 spiro atoms. The maximum Gasteiger partial charge on any atom is 0.410 e. The zero-order valence-electron chi connectivity index (χ0n) is 16.3. The number of piperazine rings is 1. The molecule has 0 aromatic rings.